The third-order valence-electron chi connectivity index (χ3n) is 2.56. The lowest BCUT2D eigenvalue weighted by molar-refractivity contribution is -0.387. The standard InChI is InChI=1S/C12H10N2O4S/c13-9-5-1-3-7-11(9)19(17,18)12-8-4-2-6-10(12)14(15)16/h1-8H,13H2. The minimum absolute atomic E-state index is 0.0562. The van der Waals surface area contributed by atoms with E-state index in [1.165, 1.54) is 36.4 Å². The topological polar surface area (TPSA) is 103 Å². The molecule has 0 spiro atoms. The van der Waals surface area contributed by atoms with Gasteiger partial charge in [-0.2, -0.15) is 0 Å². The smallest absolute Gasteiger partial charge is 0.288 e. The lowest BCUT2D eigenvalue weighted by Crippen LogP contribution is -2.07. The van der Waals surface area contributed by atoms with Crippen LogP contribution in [0.3, 0.4) is 0 Å². The summed E-state index contributed by atoms with van der Waals surface area (Å²) in [5, 5.41) is 10.9. The summed E-state index contributed by atoms with van der Waals surface area (Å²) in [6, 6.07) is 11.0. The van der Waals surface area contributed by atoms with E-state index in [0.29, 0.717) is 0 Å². The number of nitro groups is 1. The first-order valence-electron chi connectivity index (χ1n) is 5.27. The molecule has 0 fully saturated rings. The molecule has 0 aromatic heterocycles. The fourth-order valence-electron chi connectivity index (χ4n) is 1.68. The van der Waals surface area contributed by atoms with E-state index in [4.69, 9.17) is 5.73 Å². The molecular weight excluding hydrogens is 268 g/mol. The molecular formula is C12H10N2O4S. The Hall–Kier alpha value is -2.41. The molecule has 6 nitrogen and oxygen atoms in total. The highest BCUT2D eigenvalue weighted by Gasteiger charge is 2.28. The molecule has 2 aromatic rings. The number of sulfone groups is 1. The van der Waals surface area contributed by atoms with Crippen LogP contribution in [0.15, 0.2) is 58.3 Å². The molecule has 98 valence electrons. The van der Waals surface area contributed by atoms with Gasteiger partial charge in [0.15, 0.2) is 0 Å². The molecule has 0 atom stereocenters. The zero-order valence-corrected chi connectivity index (χ0v) is 10.5. The summed E-state index contributed by atoms with van der Waals surface area (Å²) in [6.07, 6.45) is 0. The Morgan fingerprint density at radius 3 is 2.05 bits per heavy atom. The average Bonchev–Trinajstić information content (AvgIpc) is 2.39. The number of nitrogen functional groups attached to an aromatic ring is 1. The Morgan fingerprint density at radius 1 is 0.947 bits per heavy atom. The Bertz CT molecular complexity index is 741. The molecule has 7 heteroatoms. The number of anilines is 1. The van der Waals surface area contributed by atoms with E-state index in [2.05, 4.69) is 0 Å². The molecule has 2 rings (SSSR count). The molecule has 0 saturated carbocycles. The molecule has 0 aliphatic rings. The number of rotatable bonds is 3. The van der Waals surface area contributed by atoms with Gasteiger partial charge in [-0.1, -0.05) is 24.3 Å². The molecule has 19 heavy (non-hydrogen) atoms. The highest BCUT2D eigenvalue weighted by molar-refractivity contribution is 7.91. The molecule has 0 radical (unpaired) electrons. The van der Waals surface area contributed by atoms with Crippen molar-refractivity contribution in [3.8, 4) is 0 Å². The second-order valence-corrected chi connectivity index (χ2v) is 5.65. The second kappa shape index (κ2) is 4.69. The van der Waals surface area contributed by atoms with Gasteiger partial charge in [0, 0.05) is 6.07 Å². The monoisotopic (exact) mass is 278 g/mol. The first-order chi connectivity index (χ1) is 8.94. The highest BCUT2D eigenvalue weighted by atomic mass is 32.2. The van der Waals surface area contributed by atoms with Crippen LogP contribution in [0.25, 0.3) is 0 Å². The largest absolute Gasteiger partial charge is 0.398 e. The van der Waals surface area contributed by atoms with Crippen LogP contribution < -0.4 is 5.73 Å². The summed E-state index contributed by atoms with van der Waals surface area (Å²) in [5.74, 6) is 0. The molecule has 0 aliphatic carbocycles. The van der Waals surface area contributed by atoms with Crippen molar-refractivity contribution in [2.75, 3.05) is 5.73 Å². The van der Waals surface area contributed by atoms with E-state index < -0.39 is 20.4 Å². The highest BCUT2D eigenvalue weighted by Crippen LogP contribution is 2.31. The van der Waals surface area contributed by atoms with E-state index in [-0.39, 0.29) is 15.5 Å². The van der Waals surface area contributed by atoms with E-state index in [0.717, 1.165) is 6.07 Å². The summed E-state index contributed by atoms with van der Waals surface area (Å²) < 4.78 is 24.8. The first-order valence-corrected chi connectivity index (χ1v) is 6.76. The predicted molar refractivity (Wildman–Crippen MR) is 69.4 cm³/mol. The third-order valence-corrected chi connectivity index (χ3v) is 4.44. The van der Waals surface area contributed by atoms with Gasteiger partial charge >= 0.3 is 0 Å². The summed E-state index contributed by atoms with van der Waals surface area (Å²) >= 11 is 0. The van der Waals surface area contributed by atoms with Crippen LogP contribution in [-0.4, -0.2) is 13.3 Å². The van der Waals surface area contributed by atoms with Crippen LogP contribution in [0.4, 0.5) is 11.4 Å². The van der Waals surface area contributed by atoms with E-state index in [1.807, 2.05) is 0 Å². The fourth-order valence-corrected chi connectivity index (χ4v) is 3.23. The number of nitrogens with zero attached hydrogens (tertiary/aromatic N) is 1. The molecule has 2 N–H and O–H groups in total. The van der Waals surface area contributed by atoms with Crippen molar-refractivity contribution in [1.82, 2.24) is 0 Å². The SMILES string of the molecule is Nc1ccccc1S(=O)(=O)c1ccccc1[N+](=O)[O-]. The number of nitro benzene ring substituents is 1. The summed E-state index contributed by atoms with van der Waals surface area (Å²) in [4.78, 5) is 9.67. The van der Waals surface area contributed by atoms with Crippen molar-refractivity contribution in [1.29, 1.82) is 0 Å². The van der Waals surface area contributed by atoms with Crippen LogP contribution in [0.5, 0.6) is 0 Å². The minimum Gasteiger partial charge on any atom is -0.398 e. The van der Waals surface area contributed by atoms with Crippen molar-refractivity contribution < 1.29 is 13.3 Å². The number of benzene rings is 2. The van der Waals surface area contributed by atoms with Gasteiger partial charge < -0.3 is 5.73 Å². The maximum Gasteiger partial charge on any atom is 0.288 e. The van der Waals surface area contributed by atoms with Gasteiger partial charge in [-0.25, -0.2) is 8.42 Å². The Balaban J connectivity index is 2.72. The second-order valence-electron chi connectivity index (χ2n) is 3.77. The first kappa shape index (κ1) is 13.0. The summed E-state index contributed by atoms with van der Waals surface area (Å²) in [6.45, 7) is 0. The quantitative estimate of drug-likeness (QED) is 0.525. The molecule has 0 unspecified atom stereocenters. The molecule has 2 aromatic carbocycles. The predicted octanol–water partition coefficient (Wildman–Crippen LogP) is 2.01. The van der Waals surface area contributed by atoms with Crippen molar-refractivity contribution in [3.63, 3.8) is 0 Å². The van der Waals surface area contributed by atoms with Gasteiger partial charge in [-0.3, -0.25) is 10.1 Å². The van der Waals surface area contributed by atoms with E-state index >= 15 is 0 Å². The van der Waals surface area contributed by atoms with Crippen molar-refractivity contribution in [3.05, 3.63) is 58.6 Å². The Labute approximate surface area is 109 Å². The summed E-state index contributed by atoms with van der Waals surface area (Å²) in [7, 11) is -4.01. The van der Waals surface area contributed by atoms with E-state index in [9.17, 15) is 18.5 Å². The minimum atomic E-state index is -4.01. The van der Waals surface area contributed by atoms with Gasteiger partial charge in [-0.05, 0) is 18.2 Å². The fraction of sp³-hybridized carbons (Fsp3) is 0. The Morgan fingerprint density at radius 2 is 1.47 bits per heavy atom. The normalized spacial score (nSPS) is 11.2. The van der Waals surface area contributed by atoms with E-state index in [1.54, 1.807) is 6.07 Å². The average molecular weight is 278 g/mol. The van der Waals surface area contributed by atoms with Crippen molar-refractivity contribution in [2.24, 2.45) is 0 Å². The van der Waals surface area contributed by atoms with Crippen LogP contribution >= 0.6 is 0 Å². The number of hydrogen-bond acceptors (Lipinski definition) is 5. The van der Waals surface area contributed by atoms with Crippen LogP contribution in [0.2, 0.25) is 0 Å². The van der Waals surface area contributed by atoms with Crippen LogP contribution in [0.1, 0.15) is 0 Å². The zero-order valence-electron chi connectivity index (χ0n) is 9.68. The molecule has 0 amide bonds. The van der Waals surface area contributed by atoms with Gasteiger partial charge in [0.05, 0.1) is 15.5 Å². The van der Waals surface area contributed by atoms with Gasteiger partial charge in [0.25, 0.3) is 5.69 Å². The van der Waals surface area contributed by atoms with Crippen molar-refractivity contribution in [2.45, 2.75) is 9.79 Å². The van der Waals surface area contributed by atoms with Crippen molar-refractivity contribution >= 4 is 21.2 Å². The maximum absolute atomic E-state index is 12.4. The third kappa shape index (κ3) is 2.27. The van der Waals surface area contributed by atoms with Crippen LogP contribution in [0, 0.1) is 10.1 Å². The molecule has 0 heterocycles. The lowest BCUT2D eigenvalue weighted by atomic mass is 10.3. The maximum atomic E-state index is 12.4. The van der Waals surface area contributed by atoms with Gasteiger partial charge in [-0.15, -0.1) is 0 Å². The molecule has 0 aliphatic heterocycles. The Kier molecular flexibility index (Phi) is 3.22. The molecule has 0 bridgehead atoms. The van der Waals surface area contributed by atoms with Gasteiger partial charge in [0.1, 0.15) is 4.90 Å². The number of nitrogens with two attached hydrogens (primary N) is 1. The zero-order chi connectivity index (χ0) is 14.0. The number of para-hydroxylation sites is 2. The molecule has 0 saturated heterocycles. The lowest BCUT2D eigenvalue weighted by Gasteiger charge is -2.07. The van der Waals surface area contributed by atoms with Gasteiger partial charge in [0.2, 0.25) is 9.84 Å². The summed E-state index contributed by atoms with van der Waals surface area (Å²) in [5.41, 5.74) is 5.21. The van der Waals surface area contributed by atoms with Crippen LogP contribution in [-0.2, 0) is 9.84 Å². The number of hydrogen-bond donors (Lipinski definition) is 1.